The van der Waals surface area contributed by atoms with E-state index >= 15 is 0 Å². The molecule has 11 nitrogen and oxygen atoms in total. The molecule has 4 aromatic rings. The summed E-state index contributed by atoms with van der Waals surface area (Å²) in [6.45, 7) is -0.370. The maximum Gasteiger partial charge on any atom is 0.300 e. The van der Waals surface area contributed by atoms with Gasteiger partial charge in [0, 0.05) is 24.5 Å². The Hall–Kier alpha value is -4.26. The van der Waals surface area contributed by atoms with Crippen molar-refractivity contribution in [2.75, 3.05) is 25.0 Å². The number of nitrogens with zero attached hydrogens (tertiary/aromatic N) is 3. The largest absolute Gasteiger partial charge is 0.493 e. The highest BCUT2D eigenvalue weighted by Crippen LogP contribution is 2.41. The Morgan fingerprint density at radius 3 is 2.32 bits per heavy atom. The maximum absolute atomic E-state index is 13.0. The predicted molar refractivity (Wildman–Crippen MR) is 137 cm³/mol. The van der Waals surface area contributed by atoms with Crippen LogP contribution in [0, 0.1) is 0 Å². The summed E-state index contributed by atoms with van der Waals surface area (Å²) in [6, 6.07) is 19.2. The Morgan fingerprint density at radius 1 is 0.919 bits per heavy atom. The number of anilines is 1. The lowest BCUT2D eigenvalue weighted by Gasteiger charge is -2.18. The van der Waals surface area contributed by atoms with Crippen LogP contribution in [0.1, 0.15) is 5.56 Å². The van der Waals surface area contributed by atoms with Crippen molar-refractivity contribution in [3.05, 3.63) is 84.7 Å². The molecule has 2 aromatic carbocycles. The molecule has 0 saturated heterocycles. The summed E-state index contributed by atoms with van der Waals surface area (Å²) in [7, 11) is -2.64. The number of methoxy groups -OCH3 is 1. The molecule has 0 aliphatic heterocycles. The Morgan fingerprint density at radius 2 is 1.62 bits per heavy atom. The number of ether oxygens (including phenoxy) is 3. The quantitative estimate of drug-likeness (QED) is 0.255. The summed E-state index contributed by atoms with van der Waals surface area (Å²) >= 11 is 0. The first-order valence-electron chi connectivity index (χ1n) is 11.2. The third-order valence-corrected chi connectivity index (χ3v) is 5.91. The van der Waals surface area contributed by atoms with E-state index in [0.717, 1.165) is 5.56 Å². The molecule has 0 unspecified atom stereocenters. The monoisotopic (exact) mass is 523 g/mol. The number of hydrogen-bond donors (Lipinski definition) is 3. The van der Waals surface area contributed by atoms with Crippen LogP contribution in [0.15, 0.2) is 79.1 Å². The minimum absolute atomic E-state index is 0.0506. The Balaban J connectivity index is 1.77. The second kappa shape index (κ2) is 12.1. The van der Waals surface area contributed by atoms with Gasteiger partial charge in [0.15, 0.2) is 23.1 Å². The Bertz CT molecular complexity index is 1420. The van der Waals surface area contributed by atoms with Crippen LogP contribution in [0.3, 0.4) is 0 Å². The van der Waals surface area contributed by atoms with Crippen molar-refractivity contribution in [1.82, 2.24) is 19.7 Å². The number of aromatic nitrogens is 3. The van der Waals surface area contributed by atoms with Gasteiger partial charge in [-0.2, -0.15) is 18.1 Å². The number of benzene rings is 2. The van der Waals surface area contributed by atoms with Gasteiger partial charge in [0.05, 0.1) is 13.7 Å². The number of aliphatic hydroxyl groups excluding tert-OH is 1. The van der Waals surface area contributed by atoms with Gasteiger partial charge < -0.3 is 19.3 Å². The first kappa shape index (κ1) is 25.8. The number of pyridine rings is 1. The normalized spacial score (nSPS) is 11.1. The predicted octanol–water partition coefficient (Wildman–Crippen LogP) is 3.16. The molecule has 0 aliphatic rings. The molecule has 37 heavy (non-hydrogen) atoms. The lowest BCUT2D eigenvalue weighted by molar-refractivity contribution is 0.192. The molecule has 0 bridgehead atoms. The summed E-state index contributed by atoms with van der Waals surface area (Å²) in [6.07, 6.45) is 3.11. The van der Waals surface area contributed by atoms with Gasteiger partial charge in [0.1, 0.15) is 6.61 Å². The van der Waals surface area contributed by atoms with E-state index in [1.165, 1.54) is 7.11 Å². The third kappa shape index (κ3) is 6.91. The first-order valence-corrected chi connectivity index (χ1v) is 12.7. The second-order valence-electron chi connectivity index (χ2n) is 7.50. The van der Waals surface area contributed by atoms with Gasteiger partial charge in [-0.3, -0.25) is 9.71 Å². The van der Waals surface area contributed by atoms with E-state index in [-0.39, 0.29) is 48.8 Å². The number of hydrogen-bond acceptors (Lipinski definition) is 9. The third-order valence-electron chi connectivity index (χ3n) is 4.92. The van der Waals surface area contributed by atoms with Gasteiger partial charge in [-0.1, -0.05) is 42.5 Å². The first-order chi connectivity index (χ1) is 18.0. The summed E-state index contributed by atoms with van der Waals surface area (Å²) < 4.78 is 48.0. The Labute approximate surface area is 214 Å². The van der Waals surface area contributed by atoms with Crippen LogP contribution in [-0.4, -0.2) is 48.8 Å². The molecule has 0 aliphatic carbocycles. The van der Waals surface area contributed by atoms with Gasteiger partial charge in [-0.15, -0.1) is 0 Å². The zero-order chi connectivity index (χ0) is 26.1. The number of aliphatic hydroxyl groups is 1. The average Bonchev–Trinajstić information content (AvgIpc) is 2.93. The van der Waals surface area contributed by atoms with Crippen molar-refractivity contribution in [3.8, 4) is 34.5 Å². The van der Waals surface area contributed by atoms with Crippen LogP contribution in [0.25, 0.3) is 11.4 Å². The molecule has 0 saturated carbocycles. The fourth-order valence-electron chi connectivity index (χ4n) is 3.21. The summed E-state index contributed by atoms with van der Waals surface area (Å²) in [5.74, 6) is 0.453. The zero-order valence-corrected chi connectivity index (χ0v) is 20.7. The molecule has 0 radical (unpaired) electrons. The van der Waals surface area contributed by atoms with Crippen LogP contribution in [0.4, 0.5) is 5.82 Å². The molecule has 192 valence electrons. The standard InChI is InChI=1S/C25H25N5O6S/c1-34-20-9-5-6-10-21(20)36-22-24(30-37(32,33)27-17-18-7-3-2-4-8-18)28-23(19-11-13-26-14-12-19)29-25(22)35-16-15-31/h2-14,27,31H,15-17H2,1H3,(H,28,29,30). The van der Waals surface area contributed by atoms with Gasteiger partial charge >= 0.3 is 10.2 Å². The fourth-order valence-corrected chi connectivity index (χ4v) is 4.03. The van der Waals surface area contributed by atoms with Crippen LogP contribution in [0.5, 0.6) is 23.1 Å². The lowest BCUT2D eigenvalue weighted by Crippen LogP contribution is -2.30. The van der Waals surface area contributed by atoms with Crippen LogP contribution in [0.2, 0.25) is 0 Å². The van der Waals surface area contributed by atoms with Crippen molar-refractivity contribution in [2.45, 2.75) is 6.54 Å². The molecule has 4 rings (SSSR count). The highest BCUT2D eigenvalue weighted by atomic mass is 32.2. The van der Waals surface area contributed by atoms with Crippen molar-refractivity contribution in [2.24, 2.45) is 0 Å². The summed E-state index contributed by atoms with van der Waals surface area (Å²) in [5, 5.41) is 9.35. The molecule has 0 atom stereocenters. The highest BCUT2D eigenvalue weighted by molar-refractivity contribution is 7.90. The van der Waals surface area contributed by atoms with Gasteiger partial charge in [-0.25, -0.2) is 4.98 Å². The molecule has 2 aromatic heterocycles. The summed E-state index contributed by atoms with van der Waals surface area (Å²) in [5.41, 5.74) is 1.33. The molecule has 0 spiro atoms. The van der Waals surface area contributed by atoms with Crippen molar-refractivity contribution >= 4 is 16.0 Å². The van der Waals surface area contributed by atoms with E-state index in [2.05, 4.69) is 24.4 Å². The molecule has 2 heterocycles. The SMILES string of the molecule is COc1ccccc1Oc1c(NS(=O)(=O)NCc2ccccc2)nc(-c2ccncc2)nc1OCCO. The van der Waals surface area contributed by atoms with Crippen molar-refractivity contribution in [3.63, 3.8) is 0 Å². The van der Waals surface area contributed by atoms with Gasteiger partial charge in [0.25, 0.3) is 5.88 Å². The molecular weight excluding hydrogens is 498 g/mol. The number of rotatable bonds is 12. The van der Waals surface area contributed by atoms with Crippen molar-refractivity contribution < 1.29 is 27.7 Å². The maximum atomic E-state index is 13.0. The van der Waals surface area contributed by atoms with Gasteiger partial charge in [-0.05, 0) is 29.8 Å². The van der Waals surface area contributed by atoms with Crippen LogP contribution in [-0.2, 0) is 16.8 Å². The lowest BCUT2D eigenvalue weighted by atomic mass is 10.2. The Kier molecular flexibility index (Phi) is 8.46. The summed E-state index contributed by atoms with van der Waals surface area (Å²) in [4.78, 5) is 12.8. The zero-order valence-electron chi connectivity index (χ0n) is 19.9. The van der Waals surface area contributed by atoms with E-state index in [0.29, 0.717) is 11.3 Å². The van der Waals surface area contributed by atoms with Crippen molar-refractivity contribution in [1.29, 1.82) is 0 Å². The van der Waals surface area contributed by atoms with E-state index < -0.39 is 10.2 Å². The number of nitrogens with one attached hydrogen (secondary N) is 2. The van der Waals surface area contributed by atoms with E-state index in [4.69, 9.17) is 14.2 Å². The fraction of sp³-hybridized carbons (Fsp3) is 0.160. The van der Waals surface area contributed by atoms with E-state index in [1.54, 1.807) is 60.9 Å². The van der Waals surface area contributed by atoms with E-state index in [9.17, 15) is 13.5 Å². The minimum atomic E-state index is -4.12. The number of para-hydroxylation sites is 2. The van der Waals surface area contributed by atoms with Gasteiger partial charge in [0.2, 0.25) is 5.75 Å². The minimum Gasteiger partial charge on any atom is -0.493 e. The molecule has 12 heteroatoms. The second-order valence-corrected chi connectivity index (χ2v) is 9.00. The highest BCUT2D eigenvalue weighted by Gasteiger charge is 2.24. The molecule has 0 amide bonds. The molecular formula is C25H25N5O6S. The average molecular weight is 524 g/mol. The molecule has 3 N–H and O–H groups in total. The van der Waals surface area contributed by atoms with Crippen LogP contribution < -0.4 is 23.7 Å². The van der Waals surface area contributed by atoms with E-state index in [1.807, 2.05) is 18.2 Å². The topological polar surface area (TPSA) is 145 Å². The van der Waals surface area contributed by atoms with Crippen LogP contribution >= 0.6 is 0 Å². The molecule has 0 fully saturated rings. The smallest absolute Gasteiger partial charge is 0.300 e.